The lowest BCUT2D eigenvalue weighted by Gasteiger charge is -2.40. The van der Waals surface area contributed by atoms with Crippen molar-refractivity contribution in [1.29, 1.82) is 0 Å². The highest BCUT2D eigenvalue weighted by Crippen LogP contribution is 2.28. The van der Waals surface area contributed by atoms with Gasteiger partial charge in [-0.15, -0.1) is 19.7 Å². The summed E-state index contributed by atoms with van der Waals surface area (Å²) in [5.74, 6) is 0. The highest BCUT2D eigenvalue weighted by molar-refractivity contribution is 5.04. The first-order chi connectivity index (χ1) is 9.93. The van der Waals surface area contributed by atoms with Gasteiger partial charge < -0.3 is 10.2 Å². The van der Waals surface area contributed by atoms with E-state index in [4.69, 9.17) is 0 Å². The van der Waals surface area contributed by atoms with E-state index < -0.39 is 0 Å². The Hall–Kier alpha value is -1.28. The Morgan fingerprint density at radius 2 is 1.52 bits per heavy atom. The van der Waals surface area contributed by atoms with Gasteiger partial charge in [0.1, 0.15) is 0 Å². The smallest absolute Gasteiger partial charge is 0.0459 e. The second-order valence-corrected chi connectivity index (χ2v) is 6.07. The molecule has 0 aliphatic carbocycles. The lowest BCUT2D eigenvalue weighted by atomic mass is 9.86. The Morgan fingerprint density at radius 1 is 1.00 bits per heavy atom. The molecule has 0 heterocycles. The molecule has 1 atom stereocenters. The van der Waals surface area contributed by atoms with E-state index in [0.717, 1.165) is 32.1 Å². The molecule has 0 aromatic carbocycles. The molecule has 0 amide bonds. The molecular formula is C19H34N2. The van der Waals surface area contributed by atoms with Crippen LogP contribution in [0.25, 0.3) is 0 Å². The van der Waals surface area contributed by atoms with Crippen molar-refractivity contribution in [2.75, 3.05) is 14.1 Å². The molecule has 0 radical (unpaired) electrons. The van der Waals surface area contributed by atoms with E-state index in [0.29, 0.717) is 0 Å². The fourth-order valence-electron chi connectivity index (χ4n) is 2.68. The van der Waals surface area contributed by atoms with Crippen LogP contribution < -0.4 is 5.32 Å². The predicted octanol–water partition coefficient (Wildman–Crippen LogP) is 4.68. The van der Waals surface area contributed by atoms with Crippen LogP contribution in [0.4, 0.5) is 0 Å². The first-order valence-corrected chi connectivity index (χ1v) is 7.84. The van der Waals surface area contributed by atoms with Crippen LogP contribution in [0.3, 0.4) is 0 Å². The van der Waals surface area contributed by atoms with Crippen LogP contribution in [0.1, 0.15) is 46.0 Å². The molecule has 0 aliphatic heterocycles. The van der Waals surface area contributed by atoms with E-state index >= 15 is 0 Å². The van der Waals surface area contributed by atoms with Gasteiger partial charge >= 0.3 is 0 Å². The van der Waals surface area contributed by atoms with Crippen molar-refractivity contribution in [3.05, 3.63) is 50.2 Å². The molecular weight excluding hydrogens is 256 g/mol. The van der Waals surface area contributed by atoms with Gasteiger partial charge in [-0.1, -0.05) is 31.2 Å². The molecule has 1 N–H and O–H groups in total. The molecule has 0 saturated carbocycles. The van der Waals surface area contributed by atoms with Crippen LogP contribution in [0.5, 0.6) is 0 Å². The number of hydrogen-bond donors (Lipinski definition) is 1. The third-order valence-corrected chi connectivity index (χ3v) is 4.55. The molecule has 2 heteroatoms. The lowest BCUT2D eigenvalue weighted by Crippen LogP contribution is -2.42. The van der Waals surface area contributed by atoms with Crippen molar-refractivity contribution in [2.24, 2.45) is 0 Å². The van der Waals surface area contributed by atoms with Crippen molar-refractivity contribution in [3.63, 3.8) is 0 Å². The minimum absolute atomic E-state index is 0.0742. The van der Waals surface area contributed by atoms with Gasteiger partial charge in [-0.3, -0.25) is 0 Å². The second kappa shape index (κ2) is 9.62. The zero-order valence-electron chi connectivity index (χ0n) is 14.5. The van der Waals surface area contributed by atoms with Gasteiger partial charge in [-0.25, -0.2) is 0 Å². The van der Waals surface area contributed by atoms with Crippen LogP contribution in [-0.2, 0) is 0 Å². The summed E-state index contributed by atoms with van der Waals surface area (Å²) in [5.41, 5.74) is 0.166. The Labute approximate surface area is 132 Å². The molecule has 21 heavy (non-hydrogen) atoms. The Morgan fingerprint density at radius 3 is 1.90 bits per heavy atom. The van der Waals surface area contributed by atoms with Gasteiger partial charge in [0.15, 0.2) is 0 Å². The summed E-state index contributed by atoms with van der Waals surface area (Å²) in [6.45, 7) is 16.1. The lowest BCUT2D eigenvalue weighted by molar-refractivity contribution is 0.174. The van der Waals surface area contributed by atoms with Crippen LogP contribution >= 0.6 is 0 Å². The minimum atomic E-state index is 0.0742. The van der Waals surface area contributed by atoms with Gasteiger partial charge in [0.25, 0.3) is 0 Å². The highest BCUT2D eigenvalue weighted by Gasteiger charge is 2.28. The predicted molar refractivity (Wildman–Crippen MR) is 96.4 cm³/mol. The van der Waals surface area contributed by atoms with E-state index in [9.17, 15) is 0 Å². The quantitative estimate of drug-likeness (QED) is 0.525. The first kappa shape index (κ1) is 19.7. The largest absolute Gasteiger partial charge is 0.374 e. The SMILES string of the molecule is C=CCC(C)(C/C=C/N(C)C(CC)(CC=C)CC=C)NC. The van der Waals surface area contributed by atoms with E-state index in [-0.39, 0.29) is 11.1 Å². The maximum absolute atomic E-state index is 3.91. The summed E-state index contributed by atoms with van der Waals surface area (Å²) < 4.78 is 0. The molecule has 0 fully saturated rings. The maximum atomic E-state index is 3.91. The van der Waals surface area contributed by atoms with Gasteiger partial charge in [0, 0.05) is 18.1 Å². The summed E-state index contributed by atoms with van der Waals surface area (Å²) in [4.78, 5) is 2.32. The van der Waals surface area contributed by atoms with Gasteiger partial charge in [0.2, 0.25) is 0 Å². The average Bonchev–Trinajstić information content (AvgIpc) is 2.47. The van der Waals surface area contributed by atoms with Gasteiger partial charge in [-0.2, -0.15) is 0 Å². The fourth-order valence-corrected chi connectivity index (χ4v) is 2.68. The average molecular weight is 290 g/mol. The molecule has 0 saturated heterocycles. The molecule has 0 aromatic rings. The zero-order chi connectivity index (χ0) is 16.4. The standard InChI is InChI=1S/C19H34N2/c1-8-13-18(5,20-6)16-12-17-21(7)19(11-4,14-9-2)15-10-3/h8-10,12,17,20H,1-3,11,13-16H2,4-7H3/b17-12+. The van der Waals surface area contributed by atoms with Gasteiger partial charge in [0.05, 0.1) is 0 Å². The topological polar surface area (TPSA) is 15.3 Å². The normalized spacial score (nSPS) is 14.7. The highest BCUT2D eigenvalue weighted by atomic mass is 15.2. The van der Waals surface area contributed by atoms with E-state index in [1.54, 1.807) is 0 Å². The van der Waals surface area contributed by atoms with Crippen molar-refractivity contribution in [1.82, 2.24) is 10.2 Å². The molecule has 1 unspecified atom stereocenters. The third-order valence-electron chi connectivity index (χ3n) is 4.55. The van der Waals surface area contributed by atoms with Crippen LogP contribution in [0.2, 0.25) is 0 Å². The van der Waals surface area contributed by atoms with Crippen LogP contribution in [-0.4, -0.2) is 30.1 Å². The molecule has 0 aliphatic rings. The number of hydrogen-bond acceptors (Lipinski definition) is 2. The summed E-state index contributed by atoms with van der Waals surface area (Å²) in [6, 6.07) is 0. The second-order valence-electron chi connectivity index (χ2n) is 6.07. The van der Waals surface area contributed by atoms with Crippen LogP contribution in [0.15, 0.2) is 50.2 Å². The summed E-state index contributed by atoms with van der Waals surface area (Å²) >= 11 is 0. The van der Waals surface area contributed by atoms with Crippen molar-refractivity contribution < 1.29 is 0 Å². The maximum Gasteiger partial charge on any atom is 0.0459 e. The molecule has 120 valence electrons. The number of rotatable bonds is 12. The summed E-state index contributed by atoms with van der Waals surface area (Å²) in [7, 11) is 4.16. The minimum Gasteiger partial charge on any atom is -0.374 e. The third kappa shape index (κ3) is 5.92. The number of nitrogens with one attached hydrogen (secondary N) is 1. The Balaban J connectivity index is 4.92. The monoisotopic (exact) mass is 290 g/mol. The van der Waals surface area contributed by atoms with Crippen LogP contribution in [0, 0.1) is 0 Å². The zero-order valence-corrected chi connectivity index (χ0v) is 14.5. The fraction of sp³-hybridized carbons (Fsp3) is 0.579. The molecule has 0 bridgehead atoms. The molecule has 0 spiro atoms. The van der Waals surface area contributed by atoms with E-state index in [1.165, 1.54) is 0 Å². The molecule has 0 aromatic heterocycles. The Bertz CT molecular complexity index is 347. The first-order valence-electron chi connectivity index (χ1n) is 7.84. The molecule has 0 rings (SSSR count). The van der Waals surface area contributed by atoms with Crippen molar-refractivity contribution >= 4 is 0 Å². The summed E-state index contributed by atoms with van der Waals surface area (Å²) in [5, 5.41) is 3.38. The van der Waals surface area contributed by atoms with E-state index in [1.807, 2.05) is 25.3 Å². The molecule has 2 nitrogen and oxygen atoms in total. The summed E-state index contributed by atoms with van der Waals surface area (Å²) in [6.07, 6.45) is 15.4. The van der Waals surface area contributed by atoms with Crippen molar-refractivity contribution in [2.45, 2.75) is 57.0 Å². The Kier molecular flexibility index (Phi) is 9.03. The number of nitrogens with zero attached hydrogens (tertiary/aromatic N) is 1. The van der Waals surface area contributed by atoms with Crippen molar-refractivity contribution in [3.8, 4) is 0 Å². The van der Waals surface area contributed by atoms with Gasteiger partial charge in [-0.05, 0) is 52.3 Å². The van der Waals surface area contributed by atoms with E-state index in [2.05, 4.69) is 63.1 Å².